The molecule has 0 saturated heterocycles. The topological polar surface area (TPSA) is 65.4 Å². The van der Waals surface area contributed by atoms with Crippen molar-refractivity contribution < 1.29 is 14.3 Å². The lowest BCUT2D eigenvalue weighted by molar-refractivity contribution is -0.111. The van der Waals surface area contributed by atoms with Gasteiger partial charge in [0.05, 0.1) is 12.2 Å². The summed E-state index contributed by atoms with van der Waals surface area (Å²) >= 11 is 6.49. The molecule has 1 aromatic heterocycles. The highest BCUT2D eigenvalue weighted by atomic mass is 35.5. The summed E-state index contributed by atoms with van der Waals surface area (Å²) in [6.45, 7) is 3.46. The summed E-state index contributed by atoms with van der Waals surface area (Å²) in [6, 6.07) is 15.3. The summed E-state index contributed by atoms with van der Waals surface area (Å²) in [5.74, 6) is 1.03. The van der Waals surface area contributed by atoms with Crippen LogP contribution in [-0.4, -0.2) is 28.9 Å². The molecule has 0 atom stereocenters. The molecule has 7 heteroatoms. The summed E-state index contributed by atoms with van der Waals surface area (Å²) in [5, 5.41) is 7.80. The normalized spacial score (nSPS) is 12.9. The van der Waals surface area contributed by atoms with Crippen LogP contribution >= 0.6 is 11.6 Å². The first kappa shape index (κ1) is 19.1. The van der Waals surface area contributed by atoms with Gasteiger partial charge >= 0.3 is 0 Å². The summed E-state index contributed by atoms with van der Waals surface area (Å²) < 4.78 is 12.7. The minimum atomic E-state index is -0.270. The van der Waals surface area contributed by atoms with Crippen molar-refractivity contribution in [1.82, 2.24) is 9.78 Å². The van der Waals surface area contributed by atoms with Crippen LogP contribution in [0, 0.1) is 6.92 Å². The molecule has 1 N–H and O–H groups in total. The molecule has 1 amide bonds. The van der Waals surface area contributed by atoms with Crippen molar-refractivity contribution in [1.29, 1.82) is 0 Å². The summed E-state index contributed by atoms with van der Waals surface area (Å²) in [4.78, 5) is 12.3. The van der Waals surface area contributed by atoms with Crippen LogP contribution in [0.15, 0.2) is 54.6 Å². The van der Waals surface area contributed by atoms with Crippen molar-refractivity contribution in [3.63, 3.8) is 0 Å². The van der Waals surface area contributed by atoms with Crippen molar-refractivity contribution in [3.8, 4) is 11.5 Å². The average molecular weight is 410 g/mol. The molecular weight excluding hydrogens is 390 g/mol. The van der Waals surface area contributed by atoms with E-state index in [1.54, 1.807) is 29.0 Å². The van der Waals surface area contributed by atoms with Crippen LogP contribution in [0.5, 0.6) is 11.5 Å². The van der Waals surface area contributed by atoms with E-state index >= 15 is 0 Å². The van der Waals surface area contributed by atoms with Gasteiger partial charge in [-0.3, -0.25) is 4.79 Å². The molecule has 3 aromatic rings. The smallest absolute Gasteiger partial charge is 0.248 e. The van der Waals surface area contributed by atoms with E-state index in [0.717, 1.165) is 16.8 Å². The number of anilines is 1. The number of nitrogens with one attached hydrogen (secondary N) is 1. The van der Waals surface area contributed by atoms with Crippen molar-refractivity contribution in [2.45, 2.75) is 13.5 Å². The third-order valence-electron chi connectivity index (χ3n) is 4.50. The minimum absolute atomic E-state index is 0.270. The van der Waals surface area contributed by atoms with Crippen LogP contribution in [0.3, 0.4) is 0 Å². The number of amides is 1. The highest BCUT2D eigenvalue weighted by Crippen LogP contribution is 2.32. The van der Waals surface area contributed by atoms with Crippen LogP contribution in [-0.2, 0) is 11.3 Å². The highest BCUT2D eigenvalue weighted by Gasteiger charge is 2.14. The van der Waals surface area contributed by atoms with E-state index in [0.29, 0.717) is 42.1 Å². The number of nitrogens with zero attached hydrogens (tertiary/aromatic N) is 2. The zero-order chi connectivity index (χ0) is 20.2. The number of hydrogen-bond donors (Lipinski definition) is 1. The van der Waals surface area contributed by atoms with Gasteiger partial charge in [-0.1, -0.05) is 41.9 Å². The largest absolute Gasteiger partial charge is 0.486 e. The predicted molar refractivity (Wildman–Crippen MR) is 113 cm³/mol. The number of aryl methyl sites for hydroxylation is 1. The van der Waals surface area contributed by atoms with Gasteiger partial charge in [-0.25, -0.2) is 4.68 Å². The van der Waals surface area contributed by atoms with Crippen molar-refractivity contribution in [3.05, 3.63) is 76.6 Å². The lowest BCUT2D eigenvalue weighted by Crippen LogP contribution is -2.16. The molecule has 29 heavy (non-hydrogen) atoms. The Labute approximate surface area is 173 Å². The lowest BCUT2D eigenvalue weighted by Gasteiger charge is -2.18. The highest BCUT2D eigenvalue weighted by molar-refractivity contribution is 6.31. The fourth-order valence-corrected chi connectivity index (χ4v) is 3.38. The third kappa shape index (κ3) is 4.43. The maximum absolute atomic E-state index is 12.3. The zero-order valence-corrected chi connectivity index (χ0v) is 16.6. The van der Waals surface area contributed by atoms with E-state index in [1.165, 1.54) is 6.08 Å². The van der Waals surface area contributed by atoms with Crippen LogP contribution in [0.25, 0.3) is 6.08 Å². The standard InChI is InChI=1S/C22H20ClN3O3/c1-15-18(22(23)26(25-15)14-16-5-3-2-4-6-16)8-10-21(27)24-17-7-9-19-20(13-17)29-12-11-28-19/h2-10,13H,11-12,14H2,1H3,(H,24,27)/b10-8+. The molecular formula is C22H20ClN3O3. The number of benzene rings is 2. The number of rotatable bonds is 5. The van der Waals surface area contributed by atoms with Gasteiger partial charge in [-0.15, -0.1) is 0 Å². The van der Waals surface area contributed by atoms with E-state index in [-0.39, 0.29) is 5.91 Å². The molecule has 0 aliphatic carbocycles. The van der Waals surface area contributed by atoms with Crippen LogP contribution < -0.4 is 14.8 Å². The van der Waals surface area contributed by atoms with Gasteiger partial charge in [-0.05, 0) is 30.7 Å². The van der Waals surface area contributed by atoms with E-state index in [4.69, 9.17) is 21.1 Å². The second-order valence-electron chi connectivity index (χ2n) is 6.61. The lowest BCUT2D eigenvalue weighted by atomic mass is 10.2. The third-order valence-corrected chi connectivity index (χ3v) is 4.89. The number of hydrogen-bond acceptors (Lipinski definition) is 4. The molecule has 2 heterocycles. The molecule has 0 spiro atoms. The first-order valence-corrected chi connectivity index (χ1v) is 9.63. The van der Waals surface area contributed by atoms with E-state index in [9.17, 15) is 4.79 Å². The van der Waals surface area contributed by atoms with E-state index < -0.39 is 0 Å². The van der Waals surface area contributed by atoms with Crippen LogP contribution in [0.1, 0.15) is 16.8 Å². The Morgan fingerprint density at radius 1 is 1.17 bits per heavy atom. The molecule has 148 valence electrons. The zero-order valence-electron chi connectivity index (χ0n) is 15.9. The molecule has 0 bridgehead atoms. The Morgan fingerprint density at radius 3 is 2.72 bits per heavy atom. The second kappa shape index (κ2) is 8.41. The number of halogens is 1. The Bertz CT molecular complexity index is 1060. The molecule has 2 aromatic carbocycles. The van der Waals surface area contributed by atoms with Gasteiger partial charge < -0.3 is 14.8 Å². The van der Waals surface area contributed by atoms with E-state index in [1.807, 2.05) is 37.3 Å². The van der Waals surface area contributed by atoms with Crippen molar-refractivity contribution >= 4 is 29.3 Å². The summed E-state index contributed by atoms with van der Waals surface area (Å²) in [5.41, 5.74) is 3.21. The summed E-state index contributed by atoms with van der Waals surface area (Å²) in [7, 11) is 0. The number of aromatic nitrogens is 2. The van der Waals surface area contributed by atoms with Gasteiger partial charge in [0, 0.05) is 23.4 Å². The van der Waals surface area contributed by atoms with Crippen molar-refractivity contribution in [2.75, 3.05) is 18.5 Å². The number of carbonyl (C=O) groups excluding carboxylic acids is 1. The molecule has 0 fully saturated rings. The maximum Gasteiger partial charge on any atom is 0.248 e. The maximum atomic E-state index is 12.3. The minimum Gasteiger partial charge on any atom is -0.486 e. The Kier molecular flexibility index (Phi) is 5.53. The molecule has 0 radical (unpaired) electrons. The van der Waals surface area contributed by atoms with Gasteiger partial charge in [-0.2, -0.15) is 5.10 Å². The first-order valence-electron chi connectivity index (χ1n) is 9.26. The van der Waals surface area contributed by atoms with Crippen molar-refractivity contribution in [2.24, 2.45) is 0 Å². The monoisotopic (exact) mass is 409 g/mol. The van der Waals surface area contributed by atoms with Gasteiger partial charge in [0.25, 0.3) is 0 Å². The SMILES string of the molecule is Cc1nn(Cc2ccccc2)c(Cl)c1/C=C/C(=O)Nc1ccc2c(c1)OCCO2. The van der Waals surface area contributed by atoms with Gasteiger partial charge in [0.2, 0.25) is 5.91 Å². The van der Waals surface area contributed by atoms with E-state index in [2.05, 4.69) is 10.4 Å². The average Bonchev–Trinajstić information content (AvgIpc) is 2.99. The molecule has 6 nitrogen and oxygen atoms in total. The number of carbonyl (C=O) groups is 1. The molecule has 4 rings (SSSR count). The fourth-order valence-electron chi connectivity index (χ4n) is 3.08. The molecule has 0 saturated carbocycles. The Hall–Kier alpha value is -3.25. The number of fused-ring (bicyclic) bond motifs is 1. The second-order valence-corrected chi connectivity index (χ2v) is 6.97. The fraction of sp³-hybridized carbons (Fsp3) is 0.182. The first-order chi connectivity index (χ1) is 14.1. The predicted octanol–water partition coefficient (Wildman–Crippen LogP) is 4.32. The molecule has 1 aliphatic rings. The van der Waals surface area contributed by atoms with Gasteiger partial charge in [0.15, 0.2) is 11.5 Å². The summed E-state index contributed by atoms with van der Waals surface area (Å²) in [6.07, 6.45) is 3.12. The Morgan fingerprint density at radius 2 is 1.93 bits per heavy atom. The van der Waals surface area contributed by atoms with Gasteiger partial charge in [0.1, 0.15) is 18.4 Å². The van der Waals surface area contributed by atoms with Crippen LogP contribution in [0.2, 0.25) is 5.15 Å². The molecule has 0 unspecified atom stereocenters. The molecule has 1 aliphatic heterocycles. The number of ether oxygens (including phenoxy) is 2. The Balaban J connectivity index is 1.45. The van der Waals surface area contributed by atoms with Crippen LogP contribution in [0.4, 0.5) is 5.69 Å². The quantitative estimate of drug-likeness (QED) is 0.637.